The first-order valence-electron chi connectivity index (χ1n) is 14.4. The molecule has 0 fully saturated rings. The maximum Gasteiger partial charge on any atom is 0.237 e. The molecule has 0 radical (unpaired) electrons. The van der Waals surface area contributed by atoms with Gasteiger partial charge < -0.3 is 28.7 Å². The number of furan rings is 1. The number of ether oxygens (including phenoxy) is 4. The fourth-order valence-electron chi connectivity index (χ4n) is 6.08. The molecule has 1 spiro atoms. The Hall–Kier alpha value is -4.83. The summed E-state index contributed by atoms with van der Waals surface area (Å²) in [5, 5.41) is 2.98. The van der Waals surface area contributed by atoms with Gasteiger partial charge in [0.05, 0.1) is 33.3 Å². The lowest BCUT2D eigenvalue weighted by Gasteiger charge is -2.35. The molecule has 2 aliphatic rings. The van der Waals surface area contributed by atoms with Crippen LogP contribution in [0.2, 0.25) is 5.02 Å². The van der Waals surface area contributed by atoms with Gasteiger partial charge in [0.15, 0.2) is 5.75 Å². The Kier molecular flexibility index (Phi) is 8.01. The van der Waals surface area contributed by atoms with Crippen molar-refractivity contribution in [2.75, 3.05) is 27.9 Å². The van der Waals surface area contributed by atoms with E-state index in [-0.39, 0.29) is 52.1 Å². The highest BCUT2D eigenvalue weighted by Gasteiger charge is 2.63. The molecule has 10 nitrogen and oxygen atoms in total. The molecule has 3 heterocycles. The highest BCUT2D eigenvalue weighted by Crippen LogP contribution is 2.54. The Labute approximate surface area is 264 Å². The molecule has 2 aromatic heterocycles. The Morgan fingerprint density at radius 1 is 1.02 bits per heavy atom. The first kappa shape index (κ1) is 30.2. The summed E-state index contributed by atoms with van der Waals surface area (Å²) in [6.45, 7) is 2.10. The van der Waals surface area contributed by atoms with Gasteiger partial charge in [-0.15, -0.1) is 0 Å². The summed E-state index contributed by atoms with van der Waals surface area (Å²) in [7, 11) is 4.40. The molecule has 1 amide bonds. The van der Waals surface area contributed by atoms with Gasteiger partial charge in [0, 0.05) is 54.4 Å². The van der Waals surface area contributed by atoms with E-state index >= 15 is 0 Å². The molecule has 0 bridgehead atoms. The van der Waals surface area contributed by atoms with E-state index in [1.807, 2.05) is 18.2 Å². The van der Waals surface area contributed by atoms with Crippen molar-refractivity contribution < 1.29 is 37.7 Å². The van der Waals surface area contributed by atoms with Crippen LogP contribution in [-0.4, -0.2) is 55.9 Å². The maximum absolute atomic E-state index is 14.7. The van der Waals surface area contributed by atoms with Crippen LogP contribution in [0, 0.1) is 5.92 Å². The van der Waals surface area contributed by atoms with E-state index in [0.717, 1.165) is 5.69 Å². The number of pyridine rings is 1. The quantitative estimate of drug-likeness (QED) is 0.245. The molecule has 2 aromatic carbocycles. The number of amides is 1. The van der Waals surface area contributed by atoms with E-state index in [4.69, 9.17) is 35.0 Å². The maximum atomic E-state index is 14.7. The number of ketones is 2. The first-order chi connectivity index (χ1) is 21.7. The van der Waals surface area contributed by atoms with E-state index in [2.05, 4.69) is 10.3 Å². The summed E-state index contributed by atoms with van der Waals surface area (Å²) in [4.78, 5) is 46.5. The molecular formula is C34H31ClN2O8. The number of carbonyl (C=O) groups excluding carboxylic acids is 3. The lowest BCUT2D eigenvalue weighted by Crippen LogP contribution is -2.56. The normalized spacial score (nSPS) is 18.3. The van der Waals surface area contributed by atoms with Crippen molar-refractivity contribution in [3.05, 3.63) is 87.9 Å². The number of carbonyl (C=O) groups is 3. The number of rotatable bonds is 9. The number of nitrogens with zero attached hydrogens (tertiary/aromatic N) is 1. The van der Waals surface area contributed by atoms with Crippen LogP contribution in [0.5, 0.6) is 23.0 Å². The molecule has 0 unspecified atom stereocenters. The summed E-state index contributed by atoms with van der Waals surface area (Å²) >= 11 is 6.59. The average Bonchev–Trinajstić information content (AvgIpc) is 3.57. The number of methoxy groups -OCH3 is 3. The molecule has 0 saturated heterocycles. The third-order valence-corrected chi connectivity index (χ3v) is 8.73. The summed E-state index contributed by atoms with van der Waals surface area (Å²) in [6, 6.07) is 14.2. The highest BCUT2D eigenvalue weighted by atomic mass is 35.5. The predicted molar refractivity (Wildman–Crippen MR) is 165 cm³/mol. The fourth-order valence-corrected chi connectivity index (χ4v) is 6.34. The molecule has 2 atom stereocenters. The number of Topliss-reactive ketones (excluding diaryl/α,β-unsaturated/α-hetero) is 2. The summed E-state index contributed by atoms with van der Waals surface area (Å²) in [5.74, 6) is -0.316. The number of hydrogen-bond donors (Lipinski definition) is 1. The van der Waals surface area contributed by atoms with Crippen molar-refractivity contribution >= 4 is 29.1 Å². The molecule has 45 heavy (non-hydrogen) atoms. The minimum absolute atomic E-state index is 0.0224. The van der Waals surface area contributed by atoms with Crippen molar-refractivity contribution in [3.63, 3.8) is 0 Å². The zero-order valence-corrected chi connectivity index (χ0v) is 25.9. The Morgan fingerprint density at radius 2 is 1.76 bits per heavy atom. The lowest BCUT2D eigenvalue weighted by molar-refractivity contribution is -0.120. The van der Waals surface area contributed by atoms with E-state index in [1.165, 1.54) is 20.3 Å². The zero-order valence-electron chi connectivity index (χ0n) is 25.2. The van der Waals surface area contributed by atoms with E-state index in [1.54, 1.807) is 44.5 Å². The average molecular weight is 631 g/mol. The van der Waals surface area contributed by atoms with Crippen LogP contribution in [0.3, 0.4) is 0 Å². The number of halogens is 1. The topological polar surface area (TPSA) is 126 Å². The second kappa shape index (κ2) is 11.9. The molecule has 11 heteroatoms. The van der Waals surface area contributed by atoms with Crippen molar-refractivity contribution in [2.24, 2.45) is 5.92 Å². The third-order valence-electron chi connectivity index (χ3n) is 8.37. The molecule has 232 valence electrons. The number of benzene rings is 2. The first-order valence-corrected chi connectivity index (χ1v) is 14.8. The zero-order chi connectivity index (χ0) is 31.9. The van der Waals surface area contributed by atoms with E-state index in [9.17, 15) is 14.4 Å². The SMILES string of the molecule is COc1ccc(-c2oc3c(c2CC(=O)NCCc2ccccn2)C(=O)[C@@]2(Oc4c(Cl)c(OC)cc(OC)c4C2=O)[C@H](C)C3)cc1. The van der Waals surface area contributed by atoms with Crippen LogP contribution >= 0.6 is 11.6 Å². The van der Waals surface area contributed by atoms with Crippen LogP contribution < -0.4 is 24.3 Å². The van der Waals surface area contributed by atoms with Crippen molar-refractivity contribution in [1.29, 1.82) is 0 Å². The standard InChI is InChI=1S/C34H31ClN2O8/c1-18-15-24-27(32(39)34(18)33(40)28-23(42-3)17-25(43-4)29(35)31(28)45-34)22(30(44-24)19-8-10-21(41-2)11-9-19)16-26(38)37-14-12-20-7-5-6-13-36-20/h5-11,13,17-18H,12,14-16H2,1-4H3,(H,37,38)/t18-,34+/m1/s1. The predicted octanol–water partition coefficient (Wildman–Crippen LogP) is 5.31. The van der Waals surface area contributed by atoms with Crippen molar-refractivity contribution in [3.8, 4) is 34.3 Å². The molecule has 4 aromatic rings. The second-order valence-corrected chi connectivity index (χ2v) is 11.3. The minimum Gasteiger partial charge on any atom is -0.497 e. The molecule has 6 rings (SSSR count). The van der Waals surface area contributed by atoms with Gasteiger partial charge in [-0.05, 0) is 36.4 Å². The smallest absolute Gasteiger partial charge is 0.237 e. The molecule has 1 aliphatic heterocycles. The summed E-state index contributed by atoms with van der Waals surface area (Å²) in [5.41, 5.74) is 0.133. The van der Waals surface area contributed by atoms with E-state index in [0.29, 0.717) is 41.4 Å². The monoisotopic (exact) mass is 630 g/mol. The van der Waals surface area contributed by atoms with Gasteiger partial charge >= 0.3 is 0 Å². The molecular weight excluding hydrogens is 600 g/mol. The van der Waals surface area contributed by atoms with Crippen LogP contribution in [-0.2, 0) is 24.1 Å². The number of hydrogen-bond acceptors (Lipinski definition) is 9. The van der Waals surface area contributed by atoms with Gasteiger partial charge in [-0.25, -0.2) is 0 Å². The van der Waals surface area contributed by atoms with Gasteiger partial charge in [0.1, 0.15) is 39.4 Å². The third kappa shape index (κ3) is 4.99. The Bertz CT molecular complexity index is 1800. The van der Waals surface area contributed by atoms with E-state index < -0.39 is 23.1 Å². The summed E-state index contributed by atoms with van der Waals surface area (Å²) in [6.07, 6.45) is 2.26. The molecule has 1 N–H and O–H groups in total. The van der Waals surface area contributed by atoms with Crippen molar-refractivity contribution in [2.45, 2.75) is 31.8 Å². The number of fused-ring (bicyclic) bond motifs is 2. The fraction of sp³-hybridized carbons (Fsp3) is 0.294. The molecule has 0 saturated carbocycles. The van der Waals surface area contributed by atoms with Crippen LogP contribution in [0.4, 0.5) is 0 Å². The highest BCUT2D eigenvalue weighted by molar-refractivity contribution is 6.36. The van der Waals surface area contributed by atoms with Crippen LogP contribution in [0.25, 0.3) is 11.3 Å². The molecule has 1 aliphatic carbocycles. The van der Waals surface area contributed by atoms with Crippen LogP contribution in [0.15, 0.2) is 59.1 Å². The van der Waals surface area contributed by atoms with Crippen LogP contribution in [0.1, 0.15) is 44.7 Å². The van der Waals surface area contributed by atoms with Gasteiger partial charge in [-0.2, -0.15) is 0 Å². The van der Waals surface area contributed by atoms with Gasteiger partial charge in [-0.1, -0.05) is 24.6 Å². The Balaban J connectivity index is 1.41. The second-order valence-electron chi connectivity index (χ2n) is 10.9. The Morgan fingerprint density at radius 3 is 2.42 bits per heavy atom. The lowest BCUT2D eigenvalue weighted by atomic mass is 9.70. The largest absolute Gasteiger partial charge is 0.497 e. The minimum atomic E-state index is -1.94. The van der Waals surface area contributed by atoms with Gasteiger partial charge in [0.25, 0.3) is 0 Å². The van der Waals surface area contributed by atoms with Crippen molar-refractivity contribution in [1.82, 2.24) is 10.3 Å². The number of nitrogens with one attached hydrogen (secondary N) is 1. The summed E-state index contributed by atoms with van der Waals surface area (Å²) < 4.78 is 28.8. The number of aromatic nitrogens is 1. The van der Waals surface area contributed by atoms with Gasteiger partial charge in [0.2, 0.25) is 23.1 Å². The van der Waals surface area contributed by atoms with Gasteiger partial charge in [-0.3, -0.25) is 19.4 Å².